The molecule has 1 aliphatic rings. The van der Waals surface area contributed by atoms with Crippen LogP contribution >= 0.6 is 0 Å². The van der Waals surface area contributed by atoms with Gasteiger partial charge in [0.25, 0.3) is 0 Å². The number of rotatable bonds is 4. The number of quaternary nitrogens is 1. The highest BCUT2D eigenvalue weighted by atomic mass is 16.5. The van der Waals surface area contributed by atoms with E-state index in [1.807, 2.05) is 19.1 Å². The van der Waals surface area contributed by atoms with Crippen molar-refractivity contribution in [2.75, 3.05) is 11.9 Å². The Morgan fingerprint density at radius 2 is 1.80 bits per heavy atom. The quantitative estimate of drug-likeness (QED) is 0.502. The maximum atomic E-state index is 12.8. The summed E-state index contributed by atoms with van der Waals surface area (Å²) in [7, 11) is 0. The van der Waals surface area contributed by atoms with Gasteiger partial charge in [-0.1, -0.05) is 36.4 Å². The summed E-state index contributed by atoms with van der Waals surface area (Å²) in [6.07, 6.45) is 3.69. The molecule has 3 aromatic rings. The number of nitrogens with two attached hydrogens (primary N) is 1. The maximum absolute atomic E-state index is 12.8. The number of hydrogen-bond donors (Lipinski definition) is 2. The third-order valence-electron chi connectivity index (χ3n) is 5.93. The maximum Gasteiger partial charge on any atom is 0.341 e. The molecule has 1 aromatic heterocycles. The molecule has 158 valence electrons. The van der Waals surface area contributed by atoms with Crippen LogP contribution in [0.5, 0.6) is 0 Å². The number of carbonyl (C=O) groups excluding carboxylic acids is 1. The molecule has 0 amide bonds. The van der Waals surface area contributed by atoms with Gasteiger partial charge in [-0.3, -0.25) is 4.98 Å². The Morgan fingerprint density at radius 1 is 1.10 bits per heavy atom. The molecule has 1 fully saturated rings. The SMILES string of the molecule is CCOC(=O)c1cnc2c(ccc3ccccc32)c1NC1CC(C)(C)[NH2+]C(C)(C)C1. The number of aromatic nitrogens is 1. The first-order valence-corrected chi connectivity index (χ1v) is 10.8. The van der Waals surface area contributed by atoms with Crippen LogP contribution in [0, 0.1) is 0 Å². The van der Waals surface area contributed by atoms with Crippen LogP contribution in [0.2, 0.25) is 0 Å². The van der Waals surface area contributed by atoms with Gasteiger partial charge in [0.2, 0.25) is 0 Å². The molecular formula is C25H32N3O2+. The van der Waals surface area contributed by atoms with E-state index in [-0.39, 0.29) is 23.1 Å². The molecule has 3 N–H and O–H groups in total. The van der Waals surface area contributed by atoms with Gasteiger partial charge in [0.05, 0.1) is 28.9 Å². The van der Waals surface area contributed by atoms with E-state index in [2.05, 4.69) is 67.6 Å². The third kappa shape index (κ3) is 3.99. The smallest absolute Gasteiger partial charge is 0.341 e. The highest BCUT2D eigenvalue weighted by molar-refractivity contribution is 6.13. The van der Waals surface area contributed by atoms with Gasteiger partial charge in [0, 0.05) is 35.9 Å². The van der Waals surface area contributed by atoms with Crippen molar-refractivity contribution in [3.8, 4) is 0 Å². The van der Waals surface area contributed by atoms with Crippen molar-refractivity contribution in [1.82, 2.24) is 4.98 Å². The van der Waals surface area contributed by atoms with Crippen LogP contribution in [-0.4, -0.2) is 34.7 Å². The summed E-state index contributed by atoms with van der Waals surface area (Å²) < 4.78 is 5.35. The zero-order valence-electron chi connectivity index (χ0n) is 18.6. The van der Waals surface area contributed by atoms with Gasteiger partial charge in [-0.15, -0.1) is 0 Å². The van der Waals surface area contributed by atoms with E-state index in [4.69, 9.17) is 4.74 Å². The van der Waals surface area contributed by atoms with E-state index in [0.29, 0.717) is 12.2 Å². The summed E-state index contributed by atoms with van der Waals surface area (Å²) in [5.74, 6) is -0.330. The van der Waals surface area contributed by atoms with Crippen LogP contribution in [0.3, 0.4) is 0 Å². The summed E-state index contributed by atoms with van der Waals surface area (Å²) in [5.41, 5.74) is 2.50. The Morgan fingerprint density at radius 3 is 2.50 bits per heavy atom. The summed E-state index contributed by atoms with van der Waals surface area (Å²) in [6.45, 7) is 11.3. The van der Waals surface area contributed by atoms with E-state index in [0.717, 1.165) is 40.2 Å². The van der Waals surface area contributed by atoms with Crippen LogP contribution in [0.1, 0.15) is 57.8 Å². The number of anilines is 1. The second-order valence-electron chi connectivity index (χ2n) is 9.82. The van der Waals surface area contributed by atoms with Crippen LogP contribution in [0.25, 0.3) is 21.7 Å². The fraction of sp³-hybridized carbons (Fsp3) is 0.440. The lowest BCUT2D eigenvalue weighted by molar-refractivity contribution is -0.787. The minimum absolute atomic E-state index is 0.124. The first-order chi connectivity index (χ1) is 14.2. The molecule has 30 heavy (non-hydrogen) atoms. The van der Waals surface area contributed by atoms with Crippen LogP contribution in [0.15, 0.2) is 42.6 Å². The van der Waals surface area contributed by atoms with Gasteiger partial charge in [0.15, 0.2) is 0 Å². The Kier molecular flexibility index (Phi) is 5.18. The molecule has 0 atom stereocenters. The molecule has 0 spiro atoms. The minimum atomic E-state index is -0.330. The zero-order chi connectivity index (χ0) is 21.5. The van der Waals surface area contributed by atoms with Crippen molar-refractivity contribution in [2.24, 2.45) is 0 Å². The highest BCUT2D eigenvalue weighted by Crippen LogP contribution is 2.34. The second kappa shape index (κ2) is 7.55. The fourth-order valence-electron chi connectivity index (χ4n) is 5.28. The number of hydrogen-bond acceptors (Lipinski definition) is 4. The standard InChI is InChI=1S/C25H31N3O2/c1-6-30-23(29)20-15-26-21-18-10-8-7-9-16(18)11-12-19(21)22(20)27-17-13-24(2,3)28-25(4,5)14-17/h7-12,15,17,28H,6,13-14H2,1-5H3,(H,26,27)/p+1. The predicted octanol–water partition coefficient (Wildman–Crippen LogP) is 4.26. The predicted molar refractivity (Wildman–Crippen MR) is 122 cm³/mol. The Labute approximate surface area is 178 Å². The lowest BCUT2D eigenvalue weighted by Crippen LogP contribution is -3.06. The Bertz CT molecular complexity index is 1090. The van der Waals surface area contributed by atoms with Crippen molar-refractivity contribution in [2.45, 2.75) is 64.6 Å². The average Bonchev–Trinajstić information content (AvgIpc) is 2.65. The van der Waals surface area contributed by atoms with Gasteiger partial charge in [0.1, 0.15) is 5.56 Å². The molecule has 0 aliphatic carbocycles. The molecule has 5 heteroatoms. The lowest BCUT2D eigenvalue weighted by Gasteiger charge is -2.43. The summed E-state index contributed by atoms with van der Waals surface area (Å²) in [5, 5.41) is 9.40. The largest absolute Gasteiger partial charge is 0.462 e. The molecule has 1 aliphatic heterocycles. The molecule has 0 radical (unpaired) electrons. The third-order valence-corrected chi connectivity index (χ3v) is 5.93. The van der Waals surface area contributed by atoms with Crippen LogP contribution in [0.4, 0.5) is 5.69 Å². The highest BCUT2D eigenvalue weighted by Gasteiger charge is 2.42. The molecule has 2 heterocycles. The molecular weight excluding hydrogens is 374 g/mol. The number of piperidine rings is 1. The Hall–Kier alpha value is -2.66. The number of benzene rings is 2. The zero-order valence-corrected chi connectivity index (χ0v) is 18.6. The number of carbonyl (C=O) groups is 1. The number of ether oxygens (including phenoxy) is 1. The summed E-state index contributed by atoms with van der Waals surface area (Å²) in [4.78, 5) is 17.4. The monoisotopic (exact) mass is 406 g/mol. The first kappa shape index (κ1) is 20.6. The average molecular weight is 407 g/mol. The lowest BCUT2D eigenvalue weighted by atomic mass is 9.79. The van der Waals surface area contributed by atoms with E-state index in [1.165, 1.54) is 0 Å². The number of nitrogens with one attached hydrogen (secondary N) is 1. The van der Waals surface area contributed by atoms with Gasteiger partial charge < -0.3 is 15.4 Å². The van der Waals surface area contributed by atoms with E-state index in [9.17, 15) is 4.79 Å². The number of pyridine rings is 1. The number of nitrogens with zero attached hydrogens (tertiary/aromatic N) is 1. The Balaban J connectivity index is 1.85. The van der Waals surface area contributed by atoms with Crippen LogP contribution in [-0.2, 0) is 4.74 Å². The molecule has 4 rings (SSSR count). The second-order valence-corrected chi connectivity index (χ2v) is 9.82. The number of fused-ring (bicyclic) bond motifs is 3. The molecule has 2 aromatic carbocycles. The van der Waals surface area contributed by atoms with E-state index < -0.39 is 0 Å². The molecule has 0 saturated carbocycles. The molecule has 0 bridgehead atoms. The van der Waals surface area contributed by atoms with E-state index in [1.54, 1.807) is 6.20 Å². The van der Waals surface area contributed by atoms with Crippen LogP contribution < -0.4 is 10.6 Å². The fourth-order valence-corrected chi connectivity index (χ4v) is 5.28. The van der Waals surface area contributed by atoms with Gasteiger partial charge in [-0.2, -0.15) is 0 Å². The summed E-state index contributed by atoms with van der Waals surface area (Å²) in [6, 6.07) is 12.7. The van der Waals surface area contributed by atoms with Gasteiger partial charge in [-0.05, 0) is 40.0 Å². The number of esters is 1. The van der Waals surface area contributed by atoms with E-state index >= 15 is 0 Å². The normalized spacial score (nSPS) is 18.4. The topological polar surface area (TPSA) is 67.8 Å². The van der Waals surface area contributed by atoms with Crippen molar-refractivity contribution in [3.63, 3.8) is 0 Å². The van der Waals surface area contributed by atoms with Crippen molar-refractivity contribution in [3.05, 3.63) is 48.2 Å². The summed E-state index contributed by atoms with van der Waals surface area (Å²) >= 11 is 0. The van der Waals surface area contributed by atoms with Crippen molar-refractivity contribution < 1.29 is 14.8 Å². The molecule has 1 saturated heterocycles. The molecule has 5 nitrogen and oxygen atoms in total. The minimum Gasteiger partial charge on any atom is -0.462 e. The van der Waals surface area contributed by atoms with Gasteiger partial charge >= 0.3 is 5.97 Å². The molecule has 0 unspecified atom stereocenters. The van der Waals surface area contributed by atoms with Crippen molar-refractivity contribution in [1.29, 1.82) is 0 Å². The van der Waals surface area contributed by atoms with Crippen molar-refractivity contribution >= 4 is 33.3 Å². The first-order valence-electron chi connectivity index (χ1n) is 10.8. The van der Waals surface area contributed by atoms with Gasteiger partial charge in [-0.25, -0.2) is 4.79 Å².